The summed E-state index contributed by atoms with van der Waals surface area (Å²) >= 11 is 0. The Morgan fingerprint density at radius 1 is 1.23 bits per heavy atom. The van der Waals surface area contributed by atoms with Gasteiger partial charge in [0.2, 0.25) is 11.8 Å². The highest BCUT2D eigenvalue weighted by molar-refractivity contribution is 5.91. The van der Waals surface area contributed by atoms with Gasteiger partial charge in [-0.3, -0.25) is 14.5 Å². The van der Waals surface area contributed by atoms with Gasteiger partial charge in [-0.15, -0.1) is 6.42 Å². The standard InChI is InChI=1S/C20H24FN3O2/c1-2-9-22-18(25)15-23-10-4-11-24(13-12-23)19(26)20(7-8-20)16-5-3-6-17(21)14-16/h1,3,5-6,14H,4,7-13,15H2,(H,22,25). The summed E-state index contributed by atoms with van der Waals surface area (Å²) in [7, 11) is 0. The Morgan fingerprint density at radius 3 is 2.73 bits per heavy atom. The minimum Gasteiger partial charge on any atom is -0.344 e. The van der Waals surface area contributed by atoms with E-state index in [1.807, 2.05) is 15.9 Å². The van der Waals surface area contributed by atoms with E-state index < -0.39 is 5.41 Å². The molecule has 3 rings (SSSR count). The molecule has 2 amide bonds. The van der Waals surface area contributed by atoms with Crippen LogP contribution < -0.4 is 5.32 Å². The number of carbonyl (C=O) groups is 2. The molecule has 0 bridgehead atoms. The van der Waals surface area contributed by atoms with E-state index >= 15 is 0 Å². The maximum absolute atomic E-state index is 13.6. The predicted octanol–water partition coefficient (Wildman–Crippen LogP) is 1.14. The van der Waals surface area contributed by atoms with Crippen LogP contribution in [0.4, 0.5) is 4.39 Å². The molecule has 0 atom stereocenters. The molecule has 1 aromatic rings. The van der Waals surface area contributed by atoms with Crippen molar-refractivity contribution in [2.75, 3.05) is 39.3 Å². The molecular weight excluding hydrogens is 333 g/mol. The predicted molar refractivity (Wildman–Crippen MR) is 96.8 cm³/mol. The minimum absolute atomic E-state index is 0.0849. The van der Waals surface area contributed by atoms with Crippen LogP contribution in [0.2, 0.25) is 0 Å². The molecule has 26 heavy (non-hydrogen) atoms. The highest BCUT2D eigenvalue weighted by atomic mass is 19.1. The van der Waals surface area contributed by atoms with Crippen molar-refractivity contribution >= 4 is 11.8 Å². The lowest BCUT2D eigenvalue weighted by atomic mass is 9.94. The van der Waals surface area contributed by atoms with Gasteiger partial charge in [-0.2, -0.15) is 0 Å². The number of nitrogens with zero attached hydrogens (tertiary/aromatic N) is 2. The van der Waals surface area contributed by atoms with Gasteiger partial charge in [0.15, 0.2) is 0 Å². The summed E-state index contributed by atoms with van der Waals surface area (Å²) in [5.74, 6) is 2.07. The average Bonchev–Trinajstić information content (AvgIpc) is 3.45. The SMILES string of the molecule is C#CCNC(=O)CN1CCCN(C(=O)C2(c3cccc(F)c3)CC2)CC1. The first-order chi connectivity index (χ1) is 12.5. The number of nitrogens with one attached hydrogen (secondary N) is 1. The molecule has 138 valence electrons. The van der Waals surface area contributed by atoms with Crippen LogP contribution in [0.15, 0.2) is 24.3 Å². The second-order valence-corrected chi connectivity index (χ2v) is 7.00. The number of hydrogen-bond acceptors (Lipinski definition) is 3. The highest BCUT2D eigenvalue weighted by Crippen LogP contribution is 2.49. The lowest BCUT2D eigenvalue weighted by Gasteiger charge is -2.26. The number of terminal acetylenes is 1. The van der Waals surface area contributed by atoms with Gasteiger partial charge in [-0.1, -0.05) is 18.1 Å². The molecule has 0 radical (unpaired) electrons. The van der Waals surface area contributed by atoms with Crippen LogP contribution >= 0.6 is 0 Å². The van der Waals surface area contributed by atoms with Crippen LogP contribution in [0.1, 0.15) is 24.8 Å². The van der Waals surface area contributed by atoms with Gasteiger partial charge < -0.3 is 10.2 Å². The second kappa shape index (κ2) is 7.88. The lowest BCUT2D eigenvalue weighted by molar-refractivity contribution is -0.133. The van der Waals surface area contributed by atoms with Crippen LogP contribution in [-0.4, -0.2) is 60.9 Å². The van der Waals surface area contributed by atoms with E-state index in [-0.39, 0.29) is 24.2 Å². The van der Waals surface area contributed by atoms with Crippen molar-refractivity contribution in [2.24, 2.45) is 0 Å². The van der Waals surface area contributed by atoms with Crippen molar-refractivity contribution in [1.82, 2.24) is 15.1 Å². The summed E-state index contributed by atoms with van der Waals surface area (Å²) in [5.41, 5.74) is 0.221. The molecule has 1 heterocycles. The molecule has 2 aliphatic rings. The Labute approximate surface area is 153 Å². The zero-order chi connectivity index (χ0) is 18.6. The van der Waals surface area contributed by atoms with Crippen molar-refractivity contribution in [3.63, 3.8) is 0 Å². The smallest absolute Gasteiger partial charge is 0.234 e. The molecule has 0 unspecified atom stereocenters. The summed E-state index contributed by atoms with van der Waals surface area (Å²) < 4.78 is 13.6. The van der Waals surface area contributed by atoms with Crippen LogP contribution in [0, 0.1) is 18.2 Å². The van der Waals surface area contributed by atoms with Crippen molar-refractivity contribution in [3.05, 3.63) is 35.6 Å². The first kappa shape index (κ1) is 18.4. The Bertz CT molecular complexity index is 724. The van der Waals surface area contributed by atoms with Crippen LogP contribution in [-0.2, 0) is 15.0 Å². The Kier molecular flexibility index (Phi) is 5.58. The molecule has 0 spiro atoms. The molecule has 1 N–H and O–H groups in total. The fourth-order valence-corrected chi connectivity index (χ4v) is 3.58. The first-order valence-electron chi connectivity index (χ1n) is 9.03. The molecule has 1 saturated heterocycles. The normalized spacial score (nSPS) is 19.3. The molecule has 1 saturated carbocycles. The maximum atomic E-state index is 13.6. The highest BCUT2D eigenvalue weighted by Gasteiger charge is 2.53. The Hall–Kier alpha value is -2.39. The average molecular weight is 357 g/mol. The van der Waals surface area contributed by atoms with Crippen molar-refractivity contribution in [2.45, 2.75) is 24.7 Å². The number of hydrogen-bond donors (Lipinski definition) is 1. The number of halogens is 1. The third kappa shape index (κ3) is 4.05. The molecule has 2 fully saturated rings. The van der Waals surface area contributed by atoms with E-state index in [1.54, 1.807) is 6.07 Å². The van der Waals surface area contributed by atoms with E-state index in [2.05, 4.69) is 11.2 Å². The van der Waals surface area contributed by atoms with E-state index in [0.717, 1.165) is 31.4 Å². The summed E-state index contributed by atoms with van der Waals surface area (Å²) in [6.45, 7) is 3.18. The van der Waals surface area contributed by atoms with Gasteiger partial charge in [0.05, 0.1) is 18.5 Å². The molecule has 6 heteroatoms. The number of benzene rings is 1. The second-order valence-electron chi connectivity index (χ2n) is 7.00. The van der Waals surface area contributed by atoms with Gasteiger partial charge >= 0.3 is 0 Å². The van der Waals surface area contributed by atoms with Gasteiger partial charge in [0.1, 0.15) is 5.82 Å². The fourth-order valence-electron chi connectivity index (χ4n) is 3.58. The van der Waals surface area contributed by atoms with Crippen molar-refractivity contribution in [1.29, 1.82) is 0 Å². The monoisotopic (exact) mass is 357 g/mol. The zero-order valence-electron chi connectivity index (χ0n) is 14.8. The molecule has 5 nitrogen and oxygen atoms in total. The van der Waals surface area contributed by atoms with E-state index in [1.165, 1.54) is 12.1 Å². The quantitative estimate of drug-likeness (QED) is 0.804. The topological polar surface area (TPSA) is 52.7 Å². The summed E-state index contributed by atoms with van der Waals surface area (Å²) in [5, 5.41) is 2.66. The minimum atomic E-state index is -0.554. The van der Waals surface area contributed by atoms with Crippen LogP contribution in [0.25, 0.3) is 0 Å². The zero-order valence-corrected chi connectivity index (χ0v) is 14.8. The Balaban J connectivity index is 1.60. The third-order valence-corrected chi connectivity index (χ3v) is 5.17. The number of rotatable bonds is 5. The van der Waals surface area contributed by atoms with Crippen LogP contribution in [0.3, 0.4) is 0 Å². The number of amides is 2. The molecule has 1 aliphatic carbocycles. The van der Waals surface area contributed by atoms with Gasteiger partial charge in [0.25, 0.3) is 0 Å². The largest absolute Gasteiger partial charge is 0.344 e. The first-order valence-corrected chi connectivity index (χ1v) is 9.03. The van der Waals surface area contributed by atoms with Gasteiger partial charge in [-0.25, -0.2) is 4.39 Å². The molecule has 1 aliphatic heterocycles. The van der Waals surface area contributed by atoms with Crippen LogP contribution in [0.5, 0.6) is 0 Å². The lowest BCUT2D eigenvalue weighted by Crippen LogP contribution is -2.43. The maximum Gasteiger partial charge on any atom is 0.234 e. The van der Waals surface area contributed by atoms with Crippen molar-refractivity contribution < 1.29 is 14.0 Å². The molecule has 0 aromatic heterocycles. The summed E-state index contributed by atoms with van der Waals surface area (Å²) in [4.78, 5) is 28.8. The van der Waals surface area contributed by atoms with Crippen molar-refractivity contribution in [3.8, 4) is 12.3 Å². The van der Waals surface area contributed by atoms with Gasteiger partial charge in [0, 0.05) is 26.2 Å². The Morgan fingerprint density at radius 2 is 2.04 bits per heavy atom. The van der Waals surface area contributed by atoms with E-state index in [0.29, 0.717) is 26.2 Å². The fraction of sp³-hybridized carbons (Fsp3) is 0.500. The number of carbonyl (C=O) groups excluding carboxylic acids is 2. The molecule has 1 aromatic carbocycles. The van der Waals surface area contributed by atoms with E-state index in [9.17, 15) is 14.0 Å². The molecular formula is C20H24FN3O2. The summed E-state index contributed by atoms with van der Waals surface area (Å²) in [6.07, 6.45) is 7.49. The third-order valence-electron chi connectivity index (χ3n) is 5.17. The summed E-state index contributed by atoms with van der Waals surface area (Å²) in [6, 6.07) is 6.38. The van der Waals surface area contributed by atoms with E-state index in [4.69, 9.17) is 6.42 Å². The van der Waals surface area contributed by atoms with Gasteiger partial charge in [-0.05, 0) is 37.0 Å².